The van der Waals surface area contributed by atoms with Crippen LogP contribution in [-0.4, -0.2) is 6.26 Å². The van der Waals surface area contributed by atoms with Gasteiger partial charge >= 0.3 is 0 Å². The first-order valence-electron chi connectivity index (χ1n) is 4.16. The third-order valence-corrected chi connectivity index (χ3v) is 4.39. The van der Waals surface area contributed by atoms with E-state index >= 15 is 0 Å². The Kier molecular flexibility index (Phi) is 2.91. The highest BCUT2D eigenvalue weighted by molar-refractivity contribution is 7.98. The van der Waals surface area contributed by atoms with Crippen molar-refractivity contribution < 1.29 is 0 Å². The summed E-state index contributed by atoms with van der Waals surface area (Å²) in [5.74, 6) is 0.577. The van der Waals surface area contributed by atoms with Crippen LogP contribution in [0.3, 0.4) is 0 Å². The van der Waals surface area contributed by atoms with Gasteiger partial charge in [0.05, 0.1) is 5.88 Å². The third kappa shape index (κ3) is 1.72. The first kappa shape index (κ1) is 10.1. The van der Waals surface area contributed by atoms with Crippen molar-refractivity contribution in [2.75, 3.05) is 12.0 Å². The van der Waals surface area contributed by atoms with E-state index in [0.29, 0.717) is 5.88 Å². The van der Waals surface area contributed by atoms with Gasteiger partial charge in [-0.2, -0.15) is 0 Å². The first-order chi connectivity index (χ1) is 6.74. The monoisotopic (exact) mass is 243 g/mol. The molecule has 2 N–H and O–H groups in total. The Morgan fingerprint density at radius 2 is 2.21 bits per heavy atom. The highest BCUT2D eigenvalue weighted by Gasteiger charge is 2.05. The number of thioether (sulfide) groups is 1. The molecule has 2 aromatic rings. The average molecular weight is 244 g/mol. The van der Waals surface area contributed by atoms with Gasteiger partial charge in [0, 0.05) is 20.2 Å². The second-order valence-electron chi connectivity index (χ2n) is 2.98. The minimum absolute atomic E-state index is 0.577. The van der Waals surface area contributed by atoms with E-state index in [4.69, 9.17) is 17.3 Å². The average Bonchev–Trinajstić information content (AvgIpc) is 2.58. The van der Waals surface area contributed by atoms with Gasteiger partial charge in [-0.15, -0.1) is 34.7 Å². The van der Waals surface area contributed by atoms with E-state index in [-0.39, 0.29) is 0 Å². The molecule has 1 aromatic heterocycles. The number of fused-ring (bicyclic) bond motifs is 1. The molecule has 0 aliphatic heterocycles. The number of hydrogen-bond acceptors (Lipinski definition) is 3. The van der Waals surface area contributed by atoms with Crippen LogP contribution in [0.4, 0.5) is 5.69 Å². The lowest BCUT2D eigenvalue weighted by molar-refractivity contribution is 1.52. The van der Waals surface area contributed by atoms with Gasteiger partial charge < -0.3 is 5.73 Å². The van der Waals surface area contributed by atoms with Crippen LogP contribution in [0.15, 0.2) is 23.1 Å². The zero-order valence-electron chi connectivity index (χ0n) is 7.71. The summed E-state index contributed by atoms with van der Waals surface area (Å²) in [6.07, 6.45) is 2.04. The number of thiophene rings is 1. The predicted molar refractivity (Wildman–Crippen MR) is 67.6 cm³/mol. The van der Waals surface area contributed by atoms with Gasteiger partial charge in [0.1, 0.15) is 0 Å². The van der Waals surface area contributed by atoms with Gasteiger partial charge in [0.25, 0.3) is 0 Å². The van der Waals surface area contributed by atoms with Gasteiger partial charge in [0.2, 0.25) is 0 Å². The highest BCUT2D eigenvalue weighted by Crippen LogP contribution is 2.33. The lowest BCUT2D eigenvalue weighted by Crippen LogP contribution is -1.86. The molecular weight excluding hydrogens is 234 g/mol. The maximum absolute atomic E-state index is 5.90. The fourth-order valence-electron chi connectivity index (χ4n) is 1.38. The Hall–Kier alpha value is -0.380. The van der Waals surface area contributed by atoms with Gasteiger partial charge in [-0.25, -0.2) is 0 Å². The normalized spacial score (nSPS) is 11.0. The second kappa shape index (κ2) is 4.01. The van der Waals surface area contributed by atoms with Crippen LogP contribution < -0.4 is 5.73 Å². The quantitative estimate of drug-likeness (QED) is 0.491. The van der Waals surface area contributed by atoms with Crippen LogP contribution in [0.2, 0.25) is 0 Å². The molecule has 0 unspecified atom stereocenters. The Morgan fingerprint density at radius 3 is 2.86 bits per heavy atom. The van der Waals surface area contributed by atoms with E-state index in [1.165, 1.54) is 15.0 Å². The molecule has 0 bridgehead atoms. The molecule has 14 heavy (non-hydrogen) atoms. The number of anilines is 1. The number of hydrogen-bond donors (Lipinski definition) is 1. The first-order valence-corrected chi connectivity index (χ1v) is 6.74. The van der Waals surface area contributed by atoms with Crippen LogP contribution >= 0.6 is 34.7 Å². The third-order valence-electron chi connectivity index (χ3n) is 2.05. The molecule has 1 aromatic carbocycles. The molecule has 1 nitrogen and oxygen atoms in total. The molecule has 2 rings (SSSR count). The van der Waals surface area contributed by atoms with E-state index in [9.17, 15) is 0 Å². The lowest BCUT2D eigenvalue weighted by atomic mass is 10.2. The standard InChI is InChI=1S/C10H10ClNS2/c1-13-10-4-9-6(3-8(10)12)2-7(5-11)14-9/h2-4H,5,12H2,1H3. The summed E-state index contributed by atoms with van der Waals surface area (Å²) < 4.78 is 1.26. The van der Waals surface area contributed by atoms with Crippen molar-refractivity contribution in [1.82, 2.24) is 0 Å². The predicted octanol–water partition coefficient (Wildman–Crippen LogP) is 3.94. The molecule has 74 valence electrons. The molecule has 0 aliphatic rings. The van der Waals surface area contributed by atoms with Gasteiger partial charge in [-0.3, -0.25) is 0 Å². The maximum atomic E-state index is 5.90. The minimum Gasteiger partial charge on any atom is -0.398 e. The number of halogens is 1. The fraction of sp³-hybridized carbons (Fsp3) is 0.200. The fourth-order valence-corrected chi connectivity index (χ4v) is 3.16. The molecule has 0 saturated carbocycles. The van der Waals surface area contributed by atoms with Crippen molar-refractivity contribution in [3.63, 3.8) is 0 Å². The molecule has 0 atom stereocenters. The smallest absolute Gasteiger partial charge is 0.0568 e. The molecule has 0 saturated heterocycles. The zero-order valence-corrected chi connectivity index (χ0v) is 10.1. The maximum Gasteiger partial charge on any atom is 0.0568 e. The van der Waals surface area contributed by atoms with E-state index < -0.39 is 0 Å². The SMILES string of the molecule is CSc1cc2sc(CCl)cc2cc1N. The van der Waals surface area contributed by atoms with Crippen LogP contribution in [0, 0.1) is 0 Å². The topological polar surface area (TPSA) is 26.0 Å². The summed E-state index contributed by atoms with van der Waals surface area (Å²) in [6, 6.07) is 6.26. The second-order valence-corrected chi connectivity index (χ2v) is 5.26. The molecule has 0 amide bonds. The van der Waals surface area contributed by atoms with Crippen molar-refractivity contribution >= 4 is 50.5 Å². The summed E-state index contributed by atoms with van der Waals surface area (Å²) in [6.45, 7) is 0. The van der Waals surface area contributed by atoms with E-state index in [0.717, 1.165) is 10.6 Å². The Balaban J connectivity index is 2.64. The molecule has 0 aliphatic carbocycles. The van der Waals surface area contributed by atoms with E-state index in [1.54, 1.807) is 23.1 Å². The number of rotatable bonds is 2. The summed E-state index contributed by atoms with van der Waals surface area (Å²) in [5, 5.41) is 1.20. The van der Waals surface area contributed by atoms with Gasteiger partial charge in [-0.05, 0) is 29.8 Å². The number of nitrogens with two attached hydrogens (primary N) is 1. The van der Waals surface area contributed by atoms with E-state index in [2.05, 4.69) is 12.1 Å². The number of nitrogen functional groups attached to an aromatic ring is 1. The minimum atomic E-state index is 0.577. The largest absolute Gasteiger partial charge is 0.398 e. The van der Waals surface area contributed by atoms with Crippen LogP contribution in [0.5, 0.6) is 0 Å². The van der Waals surface area contributed by atoms with Crippen LogP contribution in [0.1, 0.15) is 4.88 Å². The Morgan fingerprint density at radius 1 is 1.43 bits per heavy atom. The summed E-state index contributed by atoms with van der Waals surface area (Å²) >= 11 is 9.20. The van der Waals surface area contributed by atoms with Gasteiger partial charge in [0.15, 0.2) is 0 Å². The van der Waals surface area contributed by atoms with Crippen molar-refractivity contribution in [2.24, 2.45) is 0 Å². The molecule has 1 heterocycles. The molecule has 0 spiro atoms. The van der Waals surface area contributed by atoms with Crippen molar-refractivity contribution in [3.8, 4) is 0 Å². The van der Waals surface area contributed by atoms with Crippen molar-refractivity contribution in [2.45, 2.75) is 10.8 Å². The Bertz CT molecular complexity index is 464. The number of alkyl halides is 1. The summed E-state index contributed by atoms with van der Waals surface area (Å²) in [4.78, 5) is 2.33. The van der Waals surface area contributed by atoms with E-state index in [1.807, 2.05) is 12.3 Å². The highest BCUT2D eigenvalue weighted by atomic mass is 35.5. The summed E-state index contributed by atoms with van der Waals surface area (Å²) in [5.41, 5.74) is 6.75. The lowest BCUT2D eigenvalue weighted by Gasteiger charge is -2.01. The molecule has 0 radical (unpaired) electrons. The van der Waals surface area contributed by atoms with Crippen LogP contribution in [-0.2, 0) is 5.88 Å². The van der Waals surface area contributed by atoms with Crippen LogP contribution in [0.25, 0.3) is 10.1 Å². The van der Waals surface area contributed by atoms with Crippen molar-refractivity contribution in [3.05, 3.63) is 23.1 Å². The molecule has 0 fully saturated rings. The summed E-state index contributed by atoms with van der Waals surface area (Å²) in [7, 11) is 0. The zero-order chi connectivity index (χ0) is 10.1. The molecule has 4 heteroatoms. The molecular formula is C10H10ClNS2. The Labute approximate surface area is 96.2 Å². The van der Waals surface area contributed by atoms with Crippen molar-refractivity contribution in [1.29, 1.82) is 0 Å². The van der Waals surface area contributed by atoms with Gasteiger partial charge in [-0.1, -0.05) is 0 Å². The number of benzene rings is 1.